The number of carbonyl (C=O) groups excluding carboxylic acids is 1. The molecule has 2 aromatic carbocycles. The summed E-state index contributed by atoms with van der Waals surface area (Å²) < 4.78 is 0. The molecule has 0 aromatic heterocycles. The second-order valence-electron chi connectivity index (χ2n) is 7.22. The Bertz CT molecular complexity index is 732. The van der Waals surface area contributed by atoms with Crippen LogP contribution in [-0.4, -0.2) is 37.0 Å². The first-order chi connectivity index (χ1) is 13.1. The van der Waals surface area contributed by atoms with Crippen LogP contribution in [0.2, 0.25) is 5.02 Å². The Morgan fingerprint density at radius 1 is 1.00 bits per heavy atom. The van der Waals surface area contributed by atoms with Gasteiger partial charge in [0, 0.05) is 29.6 Å². The van der Waals surface area contributed by atoms with E-state index in [0.717, 1.165) is 49.6 Å². The number of halogens is 1. The first-order valence-electron chi connectivity index (χ1n) is 9.99. The highest BCUT2D eigenvalue weighted by molar-refractivity contribution is 6.30. The molecule has 0 radical (unpaired) electrons. The number of carbonyl (C=O) groups is 1. The van der Waals surface area contributed by atoms with E-state index in [9.17, 15) is 4.79 Å². The molecule has 2 aromatic rings. The van der Waals surface area contributed by atoms with E-state index in [0.29, 0.717) is 11.8 Å². The third kappa shape index (κ3) is 4.72. The van der Waals surface area contributed by atoms with E-state index in [1.54, 1.807) is 0 Å². The van der Waals surface area contributed by atoms with Crippen LogP contribution in [0.3, 0.4) is 0 Å². The molecule has 1 aliphatic heterocycles. The Morgan fingerprint density at radius 2 is 1.52 bits per heavy atom. The normalized spacial score (nSPS) is 16.1. The molecule has 1 aliphatic rings. The molecule has 1 fully saturated rings. The summed E-state index contributed by atoms with van der Waals surface area (Å²) in [5.41, 5.74) is 3.34. The average molecular weight is 385 g/mol. The molecule has 3 rings (SSSR count). The lowest BCUT2D eigenvalue weighted by atomic mass is 9.76. The maximum absolute atomic E-state index is 12.6. The van der Waals surface area contributed by atoms with Gasteiger partial charge in [-0.2, -0.15) is 0 Å². The van der Waals surface area contributed by atoms with Crippen LogP contribution < -0.4 is 5.32 Å². The van der Waals surface area contributed by atoms with Crippen molar-refractivity contribution in [3.05, 3.63) is 70.2 Å². The predicted molar refractivity (Wildman–Crippen MR) is 113 cm³/mol. The van der Waals surface area contributed by atoms with Gasteiger partial charge >= 0.3 is 0 Å². The zero-order chi connectivity index (χ0) is 19.2. The van der Waals surface area contributed by atoms with Crippen LogP contribution in [0.15, 0.2) is 48.5 Å². The average Bonchev–Trinajstić information content (AvgIpc) is 2.72. The van der Waals surface area contributed by atoms with Gasteiger partial charge < -0.3 is 10.2 Å². The summed E-state index contributed by atoms with van der Waals surface area (Å²) in [6.45, 7) is 7.63. The van der Waals surface area contributed by atoms with Gasteiger partial charge in [-0.3, -0.25) is 4.79 Å². The van der Waals surface area contributed by atoms with Crippen molar-refractivity contribution in [1.82, 2.24) is 10.2 Å². The molecule has 1 N–H and O–H groups in total. The third-order valence-electron chi connectivity index (χ3n) is 5.65. The molecule has 1 saturated heterocycles. The molecule has 1 atom stereocenters. The summed E-state index contributed by atoms with van der Waals surface area (Å²) in [4.78, 5) is 14.5. The SMILES string of the molecule is CCN(CC)C(=O)c1ccc(C(c2ccc(Cl)cc2)C2CCNCC2)cc1. The molecule has 3 nitrogen and oxygen atoms in total. The van der Waals surface area contributed by atoms with Crippen molar-refractivity contribution in [2.45, 2.75) is 32.6 Å². The highest BCUT2D eigenvalue weighted by Gasteiger charge is 2.26. The molecular weight excluding hydrogens is 356 g/mol. The molecule has 144 valence electrons. The van der Waals surface area contributed by atoms with Gasteiger partial charge in [-0.25, -0.2) is 0 Å². The zero-order valence-electron chi connectivity index (χ0n) is 16.2. The second kappa shape index (κ2) is 9.38. The van der Waals surface area contributed by atoms with Crippen molar-refractivity contribution in [1.29, 1.82) is 0 Å². The summed E-state index contributed by atoms with van der Waals surface area (Å²) in [7, 11) is 0. The number of hydrogen-bond donors (Lipinski definition) is 1. The molecule has 1 heterocycles. The van der Waals surface area contributed by atoms with Gasteiger partial charge in [0.2, 0.25) is 0 Å². The minimum absolute atomic E-state index is 0.108. The molecule has 1 amide bonds. The van der Waals surface area contributed by atoms with Crippen molar-refractivity contribution in [3.8, 4) is 0 Å². The van der Waals surface area contributed by atoms with Gasteiger partial charge in [0.15, 0.2) is 0 Å². The van der Waals surface area contributed by atoms with Crippen LogP contribution in [0.5, 0.6) is 0 Å². The lowest BCUT2D eigenvalue weighted by Crippen LogP contribution is -2.31. The fraction of sp³-hybridized carbons (Fsp3) is 0.435. The number of nitrogens with zero attached hydrogens (tertiary/aromatic N) is 1. The molecule has 0 bridgehead atoms. The van der Waals surface area contributed by atoms with E-state index in [1.807, 2.05) is 43.0 Å². The van der Waals surface area contributed by atoms with Crippen LogP contribution in [0.1, 0.15) is 54.1 Å². The summed E-state index contributed by atoms with van der Waals surface area (Å²) >= 11 is 6.11. The summed E-state index contributed by atoms with van der Waals surface area (Å²) in [6, 6.07) is 16.5. The van der Waals surface area contributed by atoms with E-state index < -0.39 is 0 Å². The Balaban J connectivity index is 1.90. The summed E-state index contributed by atoms with van der Waals surface area (Å²) in [5.74, 6) is 1.04. The fourth-order valence-corrected chi connectivity index (χ4v) is 4.24. The Hall–Kier alpha value is -1.84. The van der Waals surface area contributed by atoms with Crippen molar-refractivity contribution in [2.75, 3.05) is 26.2 Å². The maximum atomic E-state index is 12.6. The lowest BCUT2D eigenvalue weighted by Gasteiger charge is -2.32. The Labute approximate surface area is 167 Å². The van der Waals surface area contributed by atoms with Gasteiger partial charge in [-0.15, -0.1) is 0 Å². The standard InChI is InChI=1S/C23H29ClN2O/c1-3-26(4-2)23(27)20-7-5-17(6-8-20)22(19-13-15-25-16-14-19)18-9-11-21(24)12-10-18/h5-12,19,22,25H,3-4,13-16H2,1-2H3. The summed E-state index contributed by atoms with van der Waals surface area (Å²) in [5, 5.41) is 4.23. The number of piperidine rings is 1. The number of nitrogens with one attached hydrogen (secondary N) is 1. The molecular formula is C23H29ClN2O. The molecule has 1 unspecified atom stereocenters. The van der Waals surface area contributed by atoms with E-state index in [4.69, 9.17) is 11.6 Å². The smallest absolute Gasteiger partial charge is 0.253 e. The third-order valence-corrected chi connectivity index (χ3v) is 5.90. The Kier molecular flexibility index (Phi) is 6.92. The lowest BCUT2D eigenvalue weighted by molar-refractivity contribution is 0.0773. The van der Waals surface area contributed by atoms with Crippen LogP contribution in [0.25, 0.3) is 0 Å². The molecule has 27 heavy (non-hydrogen) atoms. The molecule has 0 spiro atoms. The van der Waals surface area contributed by atoms with Gasteiger partial charge in [-0.1, -0.05) is 35.9 Å². The van der Waals surface area contributed by atoms with Gasteiger partial charge in [0.05, 0.1) is 0 Å². The topological polar surface area (TPSA) is 32.3 Å². The van der Waals surface area contributed by atoms with Crippen LogP contribution in [0, 0.1) is 5.92 Å². The second-order valence-corrected chi connectivity index (χ2v) is 7.65. The van der Waals surface area contributed by atoms with E-state index in [-0.39, 0.29) is 5.91 Å². The largest absolute Gasteiger partial charge is 0.339 e. The summed E-state index contributed by atoms with van der Waals surface area (Å²) in [6.07, 6.45) is 2.32. The fourth-order valence-electron chi connectivity index (χ4n) is 4.11. The number of benzene rings is 2. The van der Waals surface area contributed by atoms with Gasteiger partial charge in [0.1, 0.15) is 0 Å². The van der Waals surface area contributed by atoms with Crippen molar-refractivity contribution in [2.24, 2.45) is 5.92 Å². The van der Waals surface area contributed by atoms with E-state index >= 15 is 0 Å². The highest BCUT2D eigenvalue weighted by atomic mass is 35.5. The predicted octanol–water partition coefficient (Wildman–Crippen LogP) is 4.95. The van der Waals surface area contributed by atoms with E-state index in [2.05, 4.69) is 29.6 Å². The number of rotatable bonds is 6. The number of amides is 1. The molecule has 0 saturated carbocycles. The van der Waals surface area contributed by atoms with E-state index in [1.165, 1.54) is 11.1 Å². The number of hydrogen-bond acceptors (Lipinski definition) is 2. The maximum Gasteiger partial charge on any atom is 0.253 e. The highest BCUT2D eigenvalue weighted by Crippen LogP contribution is 2.37. The first kappa shape index (κ1) is 19.9. The minimum atomic E-state index is 0.108. The quantitative estimate of drug-likeness (QED) is 0.763. The van der Waals surface area contributed by atoms with Crippen LogP contribution in [-0.2, 0) is 0 Å². The van der Waals surface area contributed by atoms with Crippen molar-refractivity contribution < 1.29 is 4.79 Å². The first-order valence-corrected chi connectivity index (χ1v) is 10.4. The van der Waals surface area contributed by atoms with Crippen molar-refractivity contribution in [3.63, 3.8) is 0 Å². The monoisotopic (exact) mass is 384 g/mol. The minimum Gasteiger partial charge on any atom is -0.339 e. The Morgan fingerprint density at radius 3 is 2.04 bits per heavy atom. The van der Waals surface area contributed by atoms with Gasteiger partial charge in [0.25, 0.3) is 5.91 Å². The van der Waals surface area contributed by atoms with Crippen LogP contribution >= 0.6 is 11.6 Å². The van der Waals surface area contributed by atoms with Gasteiger partial charge in [-0.05, 0) is 81.1 Å². The zero-order valence-corrected chi connectivity index (χ0v) is 17.0. The molecule has 0 aliphatic carbocycles. The molecule has 4 heteroatoms. The van der Waals surface area contributed by atoms with Crippen molar-refractivity contribution >= 4 is 17.5 Å². The van der Waals surface area contributed by atoms with Crippen LogP contribution in [0.4, 0.5) is 0 Å².